The van der Waals surface area contributed by atoms with Crippen LogP contribution in [0.4, 0.5) is 11.5 Å². The SMILES string of the molecule is CCCCC(CCC)Nc1cc(C)c(N)cn1. The van der Waals surface area contributed by atoms with Crippen molar-refractivity contribution in [1.29, 1.82) is 0 Å². The van der Waals surface area contributed by atoms with Crippen LogP contribution in [0.5, 0.6) is 0 Å². The van der Waals surface area contributed by atoms with E-state index in [1.54, 1.807) is 6.20 Å². The van der Waals surface area contributed by atoms with Crippen LogP contribution in [-0.2, 0) is 0 Å². The van der Waals surface area contributed by atoms with Crippen molar-refractivity contribution in [2.45, 2.75) is 58.9 Å². The van der Waals surface area contributed by atoms with E-state index in [0.717, 1.165) is 17.1 Å². The van der Waals surface area contributed by atoms with Gasteiger partial charge in [-0.05, 0) is 31.4 Å². The van der Waals surface area contributed by atoms with Crippen LogP contribution in [0.2, 0.25) is 0 Å². The van der Waals surface area contributed by atoms with Crippen LogP contribution in [0.15, 0.2) is 12.3 Å². The molecule has 0 amide bonds. The lowest BCUT2D eigenvalue weighted by molar-refractivity contribution is 0.563. The van der Waals surface area contributed by atoms with E-state index < -0.39 is 0 Å². The topological polar surface area (TPSA) is 50.9 Å². The summed E-state index contributed by atoms with van der Waals surface area (Å²) in [6, 6.07) is 2.57. The molecular formula is C14H25N3. The lowest BCUT2D eigenvalue weighted by atomic mass is 10.1. The van der Waals surface area contributed by atoms with E-state index in [4.69, 9.17) is 5.73 Å². The molecule has 1 unspecified atom stereocenters. The second-order valence-corrected chi connectivity index (χ2v) is 4.70. The number of nitrogens with zero attached hydrogens (tertiary/aromatic N) is 1. The summed E-state index contributed by atoms with van der Waals surface area (Å²) in [5, 5.41) is 3.52. The molecule has 1 atom stereocenters. The van der Waals surface area contributed by atoms with E-state index >= 15 is 0 Å². The van der Waals surface area contributed by atoms with Crippen LogP contribution < -0.4 is 11.1 Å². The van der Waals surface area contributed by atoms with Crippen LogP contribution in [0.1, 0.15) is 51.5 Å². The van der Waals surface area contributed by atoms with Gasteiger partial charge in [-0.1, -0.05) is 33.1 Å². The maximum atomic E-state index is 5.77. The highest BCUT2D eigenvalue weighted by Gasteiger charge is 2.08. The molecule has 17 heavy (non-hydrogen) atoms. The van der Waals surface area contributed by atoms with Crippen LogP contribution in [-0.4, -0.2) is 11.0 Å². The first-order valence-corrected chi connectivity index (χ1v) is 6.66. The Morgan fingerprint density at radius 1 is 1.29 bits per heavy atom. The Kier molecular flexibility index (Phi) is 5.81. The molecule has 0 fully saturated rings. The third-order valence-corrected chi connectivity index (χ3v) is 3.05. The fraction of sp³-hybridized carbons (Fsp3) is 0.643. The smallest absolute Gasteiger partial charge is 0.126 e. The summed E-state index contributed by atoms with van der Waals surface area (Å²) >= 11 is 0. The van der Waals surface area contributed by atoms with Gasteiger partial charge < -0.3 is 11.1 Å². The molecule has 0 bridgehead atoms. The Balaban J connectivity index is 2.61. The second kappa shape index (κ2) is 7.15. The zero-order valence-corrected chi connectivity index (χ0v) is 11.3. The van der Waals surface area contributed by atoms with Crippen LogP contribution in [0.3, 0.4) is 0 Å². The summed E-state index contributed by atoms with van der Waals surface area (Å²) in [5.41, 5.74) is 7.62. The van der Waals surface area contributed by atoms with Gasteiger partial charge >= 0.3 is 0 Å². The number of pyridine rings is 1. The molecule has 0 aliphatic rings. The average Bonchev–Trinajstić information content (AvgIpc) is 2.31. The van der Waals surface area contributed by atoms with Crippen molar-refractivity contribution in [3.05, 3.63) is 17.8 Å². The van der Waals surface area contributed by atoms with Crippen molar-refractivity contribution in [2.75, 3.05) is 11.1 Å². The molecule has 1 heterocycles. The number of nitrogens with two attached hydrogens (primary N) is 1. The number of nitrogens with one attached hydrogen (secondary N) is 1. The number of hydrogen-bond donors (Lipinski definition) is 2. The summed E-state index contributed by atoms with van der Waals surface area (Å²) in [6.07, 6.45) is 7.87. The van der Waals surface area contributed by atoms with Crippen molar-refractivity contribution < 1.29 is 0 Å². The highest BCUT2D eigenvalue weighted by Crippen LogP contribution is 2.17. The molecule has 3 N–H and O–H groups in total. The molecule has 1 aromatic heterocycles. The summed E-state index contributed by atoms with van der Waals surface area (Å²) in [5.74, 6) is 0.950. The van der Waals surface area contributed by atoms with Gasteiger partial charge in [0.25, 0.3) is 0 Å². The quantitative estimate of drug-likeness (QED) is 0.757. The zero-order chi connectivity index (χ0) is 12.7. The second-order valence-electron chi connectivity index (χ2n) is 4.70. The van der Waals surface area contributed by atoms with Gasteiger partial charge in [-0.3, -0.25) is 0 Å². The lowest BCUT2D eigenvalue weighted by Crippen LogP contribution is -2.20. The Labute approximate surface area is 105 Å². The van der Waals surface area contributed by atoms with Crippen molar-refractivity contribution >= 4 is 11.5 Å². The van der Waals surface area contributed by atoms with E-state index in [9.17, 15) is 0 Å². The molecule has 3 heteroatoms. The number of hydrogen-bond acceptors (Lipinski definition) is 3. The Morgan fingerprint density at radius 2 is 2.06 bits per heavy atom. The van der Waals surface area contributed by atoms with Crippen molar-refractivity contribution in [3.63, 3.8) is 0 Å². The third-order valence-electron chi connectivity index (χ3n) is 3.05. The fourth-order valence-corrected chi connectivity index (χ4v) is 1.94. The Bertz CT molecular complexity index is 336. The standard InChI is InChI=1S/C14H25N3/c1-4-6-8-12(7-5-2)17-14-9-11(3)13(15)10-16-14/h9-10,12H,4-8,15H2,1-3H3,(H,16,17). The Hall–Kier alpha value is -1.25. The average molecular weight is 235 g/mol. The number of aromatic nitrogens is 1. The predicted molar refractivity (Wildman–Crippen MR) is 75.2 cm³/mol. The molecule has 0 aliphatic carbocycles. The minimum atomic E-state index is 0.537. The van der Waals surface area contributed by atoms with Gasteiger partial charge in [0.15, 0.2) is 0 Å². The minimum absolute atomic E-state index is 0.537. The summed E-state index contributed by atoms with van der Waals surface area (Å²) < 4.78 is 0. The summed E-state index contributed by atoms with van der Waals surface area (Å²) in [4.78, 5) is 4.33. The van der Waals surface area contributed by atoms with Gasteiger partial charge in [0.2, 0.25) is 0 Å². The fourth-order valence-electron chi connectivity index (χ4n) is 1.94. The van der Waals surface area contributed by atoms with E-state index in [1.165, 1.54) is 32.1 Å². The minimum Gasteiger partial charge on any atom is -0.397 e. The van der Waals surface area contributed by atoms with E-state index in [0.29, 0.717) is 6.04 Å². The maximum absolute atomic E-state index is 5.77. The normalized spacial score (nSPS) is 12.4. The van der Waals surface area contributed by atoms with Gasteiger partial charge in [-0.2, -0.15) is 0 Å². The molecule has 1 rings (SSSR count). The maximum Gasteiger partial charge on any atom is 0.126 e. The summed E-state index contributed by atoms with van der Waals surface area (Å²) in [7, 11) is 0. The van der Waals surface area contributed by atoms with Crippen LogP contribution in [0.25, 0.3) is 0 Å². The molecule has 0 saturated carbocycles. The monoisotopic (exact) mass is 235 g/mol. The van der Waals surface area contributed by atoms with Gasteiger partial charge in [-0.25, -0.2) is 4.98 Å². The van der Waals surface area contributed by atoms with Gasteiger partial charge in [0.05, 0.1) is 11.9 Å². The van der Waals surface area contributed by atoms with E-state index in [-0.39, 0.29) is 0 Å². The molecule has 3 nitrogen and oxygen atoms in total. The number of aryl methyl sites for hydroxylation is 1. The number of nitrogen functional groups attached to an aromatic ring is 1. The zero-order valence-electron chi connectivity index (χ0n) is 11.3. The van der Waals surface area contributed by atoms with Crippen molar-refractivity contribution in [3.8, 4) is 0 Å². The molecular weight excluding hydrogens is 210 g/mol. The first-order valence-electron chi connectivity index (χ1n) is 6.66. The number of unbranched alkanes of at least 4 members (excludes halogenated alkanes) is 1. The van der Waals surface area contributed by atoms with Crippen LogP contribution >= 0.6 is 0 Å². The molecule has 0 aliphatic heterocycles. The molecule has 96 valence electrons. The first-order chi connectivity index (χ1) is 8.17. The van der Waals surface area contributed by atoms with Gasteiger partial charge in [-0.15, -0.1) is 0 Å². The third kappa shape index (κ3) is 4.63. The highest BCUT2D eigenvalue weighted by atomic mass is 15.0. The van der Waals surface area contributed by atoms with Gasteiger partial charge in [0.1, 0.15) is 5.82 Å². The van der Waals surface area contributed by atoms with E-state index in [2.05, 4.69) is 24.1 Å². The van der Waals surface area contributed by atoms with Crippen molar-refractivity contribution in [2.24, 2.45) is 0 Å². The number of anilines is 2. The first kappa shape index (κ1) is 13.8. The predicted octanol–water partition coefficient (Wildman–Crippen LogP) is 3.74. The molecule has 0 aromatic carbocycles. The molecule has 1 aromatic rings. The molecule has 0 spiro atoms. The van der Waals surface area contributed by atoms with Gasteiger partial charge in [0, 0.05) is 6.04 Å². The lowest BCUT2D eigenvalue weighted by Gasteiger charge is -2.18. The largest absolute Gasteiger partial charge is 0.397 e. The van der Waals surface area contributed by atoms with Crippen molar-refractivity contribution in [1.82, 2.24) is 4.98 Å². The van der Waals surface area contributed by atoms with E-state index in [1.807, 2.05) is 13.0 Å². The molecule has 0 saturated heterocycles. The summed E-state index contributed by atoms with van der Waals surface area (Å²) in [6.45, 7) is 6.47. The highest BCUT2D eigenvalue weighted by molar-refractivity contribution is 5.51. The Morgan fingerprint density at radius 3 is 2.65 bits per heavy atom. The molecule has 0 radical (unpaired) electrons. The number of rotatable bonds is 7. The van der Waals surface area contributed by atoms with Crippen LogP contribution in [0, 0.1) is 6.92 Å².